The number of methoxy groups -OCH3 is 1. The monoisotopic (exact) mass is 560 g/mol. The molecule has 2 aromatic carbocycles. The Balaban J connectivity index is 1.62. The highest BCUT2D eigenvalue weighted by molar-refractivity contribution is 9.10. The van der Waals surface area contributed by atoms with E-state index in [0.717, 1.165) is 37.8 Å². The summed E-state index contributed by atoms with van der Waals surface area (Å²) in [4.78, 5) is 14.6. The lowest BCUT2D eigenvalue weighted by atomic mass is 9.62. The molecule has 10 heteroatoms. The minimum absolute atomic E-state index is 0.0445. The van der Waals surface area contributed by atoms with Crippen LogP contribution in [-0.4, -0.2) is 50.3 Å². The zero-order valence-corrected chi connectivity index (χ0v) is 20.7. The second kappa shape index (κ2) is 9.78. The third-order valence-corrected chi connectivity index (χ3v) is 7.94. The van der Waals surface area contributed by atoms with Crippen molar-refractivity contribution in [2.24, 2.45) is 5.41 Å². The van der Waals surface area contributed by atoms with Crippen molar-refractivity contribution in [2.45, 2.75) is 37.0 Å². The maximum atomic E-state index is 14.4. The van der Waals surface area contributed by atoms with Crippen LogP contribution in [0.2, 0.25) is 0 Å². The molecule has 2 aliphatic heterocycles. The number of benzene rings is 2. The number of likely N-dealkylation sites (tertiary alicyclic amines) is 1. The van der Waals surface area contributed by atoms with Crippen LogP contribution >= 0.6 is 15.9 Å². The molecule has 1 N–H and O–H groups in total. The van der Waals surface area contributed by atoms with E-state index in [1.54, 1.807) is 12.1 Å². The number of halogens is 6. The van der Waals surface area contributed by atoms with E-state index in [1.165, 1.54) is 17.0 Å². The molecule has 0 aromatic heterocycles. The van der Waals surface area contributed by atoms with E-state index in [9.17, 15) is 26.7 Å². The lowest BCUT2D eigenvalue weighted by Crippen LogP contribution is -2.59. The fourth-order valence-corrected chi connectivity index (χ4v) is 6.07. The number of nitrogens with one attached hydrogen (secondary N) is 1. The minimum atomic E-state index is -5.12. The second-order valence-corrected chi connectivity index (χ2v) is 10.2. The van der Waals surface area contributed by atoms with Crippen molar-refractivity contribution in [3.63, 3.8) is 0 Å². The Morgan fingerprint density at radius 3 is 2.29 bits per heavy atom. The molecule has 2 aromatic rings. The molecule has 0 aliphatic carbocycles. The van der Waals surface area contributed by atoms with Gasteiger partial charge in [-0.15, -0.1) is 0 Å². The highest BCUT2D eigenvalue weighted by Crippen LogP contribution is 2.50. The van der Waals surface area contributed by atoms with Gasteiger partial charge in [-0.25, -0.2) is 8.78 Å². The van der Waals surface area contributed by atoms with Gasteiger partial charge in [0.05, 0.1) is 0 Å². The predicted molar refractivity (Wildman–Crippen MR) is 124 cm³/mol. The van der Waals surface area contributed by atoms with E-state index in [0.29, 0.717) is 25.5 Å². The normalized spacial score (nSPS) is 22.1. The highest BCUT2D eigenvalue weighted by atomic mass is 79.9. The molecule has 2 atom stereocenters. The number of ether oxygens (including phenoxy) is 1. The molecule has 1 amide bonds. The van der Waals surface area contributed by atoms with Crippen LogP contribution < -0.4 is 5.32 Å². The Labute approximate surface area is 209 Å². The van der Waals surface area contributed by atoms with Gasteiger partial charge in [0.1, 0.15) is 11.6 Å². The molecule has 0 bridgehead atoms. The van der Waals surface area contributed by atoms with Crippen LogP contribution in [0.25, 0.3) is 0 Å². The molecular weight excluding hydrogens is 535 g/mol. The molecular formula is C25H26BrF5N2O2. The summed E-state index contributed by atoms with van der Waals surface area (Å²) in [5.41, 5.74) is -3.21. The third kappa shape index (κ3) is 4.72. The first-order chi connectivity index (χ1) is 16.5. The number of carbonyl (C=O) groups is 1. The molecule has 2 aliphatic rings. The fraction of sp³-hybridized carbons (Fsp3) is 0.480. The van der Waals surface area contributed by atoms with Crippen LogP contribution in [-0.2, 0) is 15.1 Å². The first kappa shape index (κ1) is 26.0. The summed E-state index contributed by atoms with van der Waals surface area (Å²) < 4.78 is 75.8. The summed E-state index contributed by atoms with van der Waals surface area (Å²) in [6.07, 6.45) is -3.34. The van der Waals surface area contributed by atoms with Gasteiger partial charge in [0.2, 0.25) is 0 Å². The van der Waals surface area contributed by atoms with Crippen LogP contribution in [0, 0.1) is 17.0 Å². The number of rotatable bonds is 4. The van der Waals surface area contributed by atoms with Gasteiger partial charge < -0.3 is 15.0 Å². The highest BCUT2D eigenvalue weighted by Gasteiger charge is 2.64. The number of hydrogen-bond acceptors (Lipinski definition) is 3. The van der Waals surface area contributed by atoms with Crippen molar-refractivity contribution in [1.82, 2.24) is 10.2 Å². The van der Waals surface area contributed by atoms with E-state index in [1.807, 2.05) is 0 Å². The summed E-state index contributed by atoms with van der Waals surface area (Å²) in [5, 5.41) is 3.36. The first-order valence-electron chi connectivity index (χ1n) is 11.4. The summed E-state index contributed by atoms with van der Waals surface area (Å²) in [7, 11) is 0.813. The smallest absolute Gasteiger partial charge is 0.356 e. The van der Waals surface area contributed by atoms with E-state index in [4.69, 9.17) is 4.74 Å². The topological polar surface area (TPSA) is 41.6 Å². The van der Waals surface area contributed by atoms with Gasteiger partial charge in [0.15, 0.2) is 0 Å². The van der Waals surface area contributed by atoms with Crippen molar-refractivity contribution < 1.29 is 31.5 Å². The van der Waals surface area contributed by atoms with E-state index < -0.39 is 29.1 Å². The Bertz CT molecular complexity index is 1050. The first-order valence-corrected chi connectivity index (χ1v) is 12.2. The molecule has 35 heavy (non-hydrogen) atoms. The lowest BCUT2D eigenvalue weighted by molar-refractivity contribution is -0.271. The van der Waals surface area contributed by atoms with Crippen molar-refractivity contribution in [1.29, 1.82) is 0 Å². The summed E-state index contributed by atoms with van der Waals surface area (Å²) >= 11 is 3.01. The SMILES string of the molecule is COC(C(=O)N1CCC2(CCNC[C@H]2c2ccc(F)cc2)CC1)(c1cc(F)cc(Br)c1)C(F)(F)F. The van der Waals surface area contributed by atoms with Gasteiger partial charge in [-0.1, -0.05) is 28.1 Å². The average molecular weight is 561 g/mol. The third-order valence-electron chi connectivity index (χ3n) is 7.48. The van der Waals surface area contributed by atoms with Gasteiger partial charge in [-0.2, -0.15) is 13.2 Å². The van der Waals surface area contributed by atoms with Crippen LogP contribution in [0.1, 0.15) is 36.3 Å². The molecule has 4 rings (SSSR count). The van der Waals surface area contributed by atoms with Gasteiger partial charge in [0, 0.05) is 42.7 Å². The van der Waals surface area contributed by atoms with Crippen molar-refractivity contribution >= 4 is 21.8 Å². The fourth-order valence-electron chi connectivity index (χ4n) is 5.60. The molecule has 0 saturated carbocycles. The Morgan fingerprint density at radius 1 is 1.06 bits per heavy atom. The van der Waals surface area contributed by atoms with E-state index in [2.05, 4.69) is 21.2 Å². The van der Waals surface area contributed by atoms with Gasteiger partial charge in [-0.3, -0.25) is 4.79 Å². The Hall–Kier alpha value is -2.04. The molecule has 190 valence electrons. The number of amides is 1. The zero-order valence-electron chi connectivity index (χ0n) is 19.1. The van der Waals surface area contributed by atoms with E-state index in [-0.39, 0.29) is 34.7 Å². The average Bonchev–Trinajstić information content (AvgIpc) is 2.80. The van der Waals surface area contributed by atoms with Gasteiger partial charge in [0.25, 0.3) is 11.5 Å². The van der Waals surface area contributed by atoms with Gasteiger partial charge >= 0.3 is 6.18 Å². The quantitative estimate of drug-likeness (QED) is 0.501. The second-order valence-electron chi connectivity index (χ2n) is 9.25. The summed E-state index contributed by atoms with van der Waals surface area (Å²) in [6.45, 7) is 1.64. The largest absolute Gasteiger partial charge is 0.430 e. The molecule has 0 radical (unpaired) electrons. The number of nitrogens with zero attached hydrogens (tertiary/aromatic N) is 1. The summed E-state index contributed by atoms with van der Waals surface area (Å²) in [6, 6.07) is 9.06. The standard InChI is InChI=1S/C25H26BrF5N2O2/c1-35-24(25(29,30)31,17-12-18(26)14-20(28)13-17)22(34)33-10-7-23(8-11-33)6-9-32-15-21(23)16-2-4-19(27)5-3-16/h2-5,12-14,21,32H,6-11,15H2,1H3/t21-,24?/m0/s1. The van der Waals surface area contributed by atoms with E-state index >= 15 is 0 Å². The van der Waals surface area contributed by atoms with Crippen LogP contribution in [0.4, 0.5) is 22.0 Å². The lowest BCUT2D eigenvalue weighted by Gasteiger charge is -2.50. The van der Waals surface area contributed by atoms with Crippen molar-refractivity contribution in [2.75, 3.05) is 33.3 Å². The number of carbonyl (C=O) groups excluding carboxylic acids is 1. The number of alkyl halides is 3. The van der Waals surface area contributed by atoms with Crippen molar-refractivity contribution in [3.8, 4) is 0 Å². The van der Waals surface area contributed by atoms with Gasteiger partial charge in [-0.05, 0) is 67.1 Å². The Morgan fingerprint density at radius 2 is 1.71 bits per heavy atom. The number of piperidine rings is 2. The number of hydrogen-bond donors (Lipinski definition) is 1. The van der Waals surface area contributed by atoms with Crippen LogP contribution in [0.3, 0.4) is 0 Å². The van der Waals surface area contributed by atoms with Crippen molar-refractivity contribution in [3.05, 3.63) is 69.7 Å². The maximum absolute atomic E-state index is 14.4. The summed E-state index contributed by atoms with van der Waals surface area (Å²) in [5.74, 6) is -2.46. The molecule has 2 saturated heterocycles. The van der Waals surface area contributed by atoms with Crippen LogP contribution in [0.5, 0.6) is 0 Å². The molecule has 2 heterocycles. The molecule has 2 fully saturated rings. The minimum Gasteiger partial charge on any atom is -0.356 e. The van der Waals surface area contributed by atoms with Crippen LogP contribution in [0.15, 0.2) is 46.9 Å². The molecule has 1 unspecified atom stereocenters. The zero-order chi connectivity index (χ0) is 25.4. The molecule has 1 spiro atoms. The predicted octanol–water partition coefficient (Wildman–Crippen LogP) is 5.52. The maximum Gasteiger partial charge on any atom is 0.430 e. The molecule has 4 nitrogen and oxygen atoms in total. The Kier molecular flexibility index (Phi) is 7.28.